The second-order valence-electron chi connectivity index (χ2n) is 13.1. The lowest BCUT2D eigenvalue weighted by Crippen LogP contribution is -2.34. The second kappa shape index (κ2) is 17.0. The summed E-state index contributed by atoms with van der Waals surface area (Å²) in [7, 11) is 0. The summed E-state index contributed by atoms with van der Waals surface area (Å²) in [6, 6.07) is -1.64. The molecule has 0 aromatic carbocycles. The molecule has 14 nitrogen and oxygen atoms in total. The van der Waals surface area contributed by atoms with Crippen molar-refractivity contribution in [3.8, 4) is 0 Å². The van der Waals surface area contributed by atoms with Gasteiger partial charge in [-0.15, -0.1) is 45.3 Å². The molecule has 7 N–H and O–H groups in total. The van der Waals surface area contributed by atoms with Crippen LogP contribution in [0.5, 0.6) is 0 Å². The van der Waals surface area contributed by atoms with E-state index in [0.717, 1.165) is 5.01 Å². The van der Waals surface area contributed by atoms with Gasteiger partial charge in [0.25, 0.3) is 17.7 Å². The third kappa shape index (κ3) is 9.35. The highest BCUT2D eigenvalue weighted by atomic mass is 32.1. The zero-order chi connectivity index (χ0) is 36.9. The molecule has 0 bridgehead atoms. The first-order chi connectivity index (χ1) is 23.6. The van der Waals surface area contributed by atoms with E-state index in [1.54, 1.807) is 16.1 Å². The Morgan fingerprint density at radius 2 is 0.780 bits per heavy atom. The standard InChI is InChI=1S/C32H43N9O5S4/c1-13(2)21(28-35-18(10-48-28)26(43)40-23(15(5)6)30-37-20(12-50-30)32(45)46)38-25(42)17-9-47-29(34-17)22(14(3)4)39-27(44)19-11-49-31(36-19)24(41-33)16(7)8/h9-16,21-24,41H,33H2,1-8H3,(H,38,42)(H,39,44)(H,40,43)(H,45,46)/t21-,22-,23-,24-/m0/s1. The van der Waals surface area contributed by atoms with E-state index in [1.807, 2.05) is 55.4 Å². The zero-order valence-corrected chi connectivity index (χ0v) is 32.3. The van der Waals surface area contributed by atoms with Crippen molar-refractivity contribution in [2.45, 2.75) is 79.6 Å². The van der Waals surface area contributed by atoms with E-state index in [1.165, 1.54) is 50.7 Å². The molecule has 50 heavy (non-hydrogen) atoms. The number of nitrogens with one attached hydrogen (secondary N) is 4. The third-order valence-corrected chi connectivity index (χ3v) is 11.5. The number of carboxylic acids is 1. The molecule has 4 rings (SSSR count). The summed E-state index contributed by atoms with van der Waals surface area (Å²) >= 11 is 5.08. The number of hydrogen-bond acceptors (Lipinski definition) is 14. The highest BCUT2D eigenvalue weighted by Gasteiger charge is 2.29. The number of thiazole rings is 4. The predicted molar refractivity (Wildman–Crippen MR) is 195 cm³/mol. The van der Waals surface area contributed by atoms with Gasteiger partial charge in [-0.25, -0.2) is 24.7 Å². The van der Waals surface area contributed by atoms with Crippen LogP contribution in [0.3, 0.4) is 0 Å². The van der Waals surface area contributed by atoms with Gasteiger partial charge >= 0.3 is 5.97 Å². The average molecular weight is 762 g/mol. The molecule has 0 fully saturated rings. The van der Waals surface area contributed by atoms with Gasteiger partial charge in [0.05, 0.1) is 24.2 Å². The highest BCUT2D eigenvalue weighted by molar-refractivity contribution is 7.10. The first-order valence-corrected chi connectivity index (χ1v) is 19.6. The Kier molecular flexibility index (Phi) is 13.3. The van der Waals surface area contributed by atoms with Gasteiger partial charge in [0.1, 0.15) is 37.1 Å². The molecular weight excluding hydrogens is 719 g/mol. The molecule has 0 aliphatic carbocycles. The fraction of sp³-hybridized carbons (Fsp3) is 0.500. The Bertz CT molecular complexity index is 1790. The van der Waals surface area contributed by atoms with E-state index in [9.17, 15) is 24.3 Å². The summed E-state index contributed by atoms with van der Waals surface area (Å²) in [4.78, 5) is 69.1. The van der Waals surface area contributed by atoms with Crippen LogP contribution in [0.4, 0.5) is 0 Å². The number of amides is 3. The number of carbonyl (C=O) groups is 4. The minimum Gasteiger partial charge on any atom is -0.476 e. The van der Waals surface area contributed by atoms with Crippen molar-refractivity contribution in [3.05, 3.63) is 64.3 Å². The maximum absolute atomic E-state index is 13.5. The van der Waals surface area contributed by atoms with Crippen LogP contribution in [0.25, 0.3) is 0 Å². The minimum absolute atomic E-state index is 0.0263. The number of nitrogens with zero attached hydrogens (tertiary/aromatic N) is 4. The quantitative estimate of drug-likeness (QED) is 0.0597. The zero-order valence-electron chi connectivity index (χ0n) is 29.0. The van der Waals surface area contributed by atoms with Gasteiger partial charge in [-0.2, -0.15) is 0 Å². The number of carboxylic acid groups (broad SMARTS) is 1. The number of hydrazine groups is 1. The first-order valence-electron chi connectivity index (χ1n) is 16.0. The summed E-state index contributed by atoms with van der Waals surface area (Å²) < 4.78 is 0. The number of nitrogens with two attached hydrogens (primary N) is 1. The minimum atomic E-state index is -1.13. The summed E-state index contributed by atoms with van der Waals surface area (Å²) in [5, 5.41) is 27.0. The lowest BCUT2D eigenvalue weighted by molar-refractivity contribution is 0.0690. The fourth-order valence-electron chi connectivity index (χ4n) is 4.87. The molecule has 4 aromatic rings. The predicted octanol–water partition coefficient (Wildman–Crippen LogP) is 5.75. The van der Waals surface area contributed by atoms with Crippen molar-refractivity contribution in [2.24, 2.45) is 29.5 Å². The largest absolute Gasteiger partial charge is 0.476 e. The topological polar surface area (TPSA) is 214 Å². The monoisotopic (exact) mass is 761 g/mol. The summed E-state index contributed by atoms with van der Waals surface area (Å²) in [6.45, 7) is 15.7. The van der Waals surface area contributed by atoms with Crippen LogP contribution in [0.1, 0.15) is 142 Å². The molecule has 0 spiro atoms. The molecule has 4 heterocycles. The summed E-state index contributed by atoms with van der Waals surface area (Å²) in [5.41, 5.74) is 3.37. The molecule has 3 amide bonds. The van der Waals surface area contributed by atoms with Crippen LogP contribution in [-0.4, -0.2) is 48.7 Å². The molecule has 0 saturated heterocycles. The van der Waals surface area contributed by atoms with E-state index in [4.69, 9.17) is 5.84 Å². The average Bonchev–Trinajstić information content (AvgIpc) is 3.87. The van der Waals surface area contributed by atoms with E-state index < -0.39 is 35.9 Å². The van der Waals surface area contributed by atoms with Gasteiger partial charge in [-0.1, -0.05) is 55.4 Å². The van der Waals surface area contributed by atoms with E-state index >= 15 is 0 Å². The summed E-state index contributed by atoms with van der Waals surface area (Å²) in [5.74, 6) is 3.43. The van der Waals surface area contributed by atoms with E-state index in [0.29, 0.717) is 15.0 Å². The van der Waals surface area contributed by atoms with Crippen LogP contribution in [0.15, 0.2) is 21.5 Å². The van der Waals surface area contributed by atoms with Crippen LogP contribution >= 0.6 is 45.3 Å². The van der Waals surface area contributed by atoms with Crippen LogP contribution in [0, 0.1) is 23.7 Å². The molecule has 18 heteroatoms. The fourth-order valence-corrected chi connectivity index (χ4v) is 8.95. The van der Waals surface area contributed by atoms with Gasteiger partial charge in [0, 0.05) is 21.5 Å². The van der Waals surface area contributed by atoms with E-state index in [2.05, 4.69) is 41.3 Å². The van der Waals surface area contributed by atoms with Crippen LogP contribution in [0.2, 0.25) is 0 Å². The van der Waals surface area contributed by atoms with Crippen molar-refractivity contribution in [3.63, 3.8) is 0 Å². The van der Waals surface area contributed by atoms with Crippen molar-refractivity contribution in [1.29, 1.82) is 0 Å². The highest BCUT2D eigenvalue weighted by Crippen LogP contribution is 2.30. The SMILES string of the molecule is CC(C)[C@H](NN)c1nc(C(=O)N[C@H](c2nc(C(=O)N[C@H](c3nc(C(=O)N[C@H](c4nc(C(=O)O)cs4)C(C)C)cs3)C(C)C)cs2)C(C)C)cs1. The van der Waals surface area contributed by atoms with Gasteiger partial charge in [0.2, 0.25) is 0 Å². The Labute approximate surface area is 306 Å². The van der Waals surface area contributed by atoms with Gasteiger partial charge < -0.3 is 21.1 Å². The molecule has 0 saturated carbocycles. The van der Waals surface area contributed by atoms with Gasteiger partial charge in [0.15, 0.2) is 5.69 Å². The van der Waals surface area contributed by atoms with Gasteiger partial charge in [-0.3, -0.25) is 25.7 Å². The number of hydrogen-bond donors (Lipinski definition) is 6. The Balaban J connectivity index is 1.44. The second-order valence-corrected chi connectivity index (χ2v) is 16.6. The van der Waals surface area contributed by atoms with Crippen molar-refractivity contribution in [2.75, 3.05) is 0 Å². The van der Waals surface area contributed by atoms with Crippen LogP contribution < -0.4 is 27.2 Å². The summed E-state index contributed by atoms with van der Waals surface area (Å²) in [6.07, 6.45) is 0. The number of aromatic nitrogens is 4. The van der Waals surface area contributed by atoms with Gasteiger partial charge in [-0.05, 0) is 23.7 Å². The smallest absolute Gasteiger partial charge is 0.355 e. The van der Waals surface area contributed by atoms with E-state index in [-0.39, 0.29) is 58.4 Å². The van der Waals surface area contributed by atoms with Crippen molar-refractivity contribution in [1.82, 2.24) is 41.3 Å². The molecule has 0 aliphatic rings. The maximum atomic E-state index is 13.5. The number of rotatable bonds is 16. The Morgan fingerprint density at radius 3 is 1.02 bits per heavy atom. The first kappa shape index (κ1) is 39.1. The third-order valence-electron chi connectivity index (χ3n) is 7.78. The Hall–Kier alpha value is -3.68. The molecule has 0 radical (unpaired) electrons. The molecule has 4 atom stereocenters. The molecule has 0 unspecified atom stereocenters. The molecular formula is C32H43N9O5S4. The normalized spacial score (nSPS) is 14.2. The molecule has 0 aliphatic heterocycles. The number of aromatic carboxylic acids is 1. The maximum Gasteiger partial charge on any atom is 0.355 e. The van der Waals surface area contributed by atoms with Crippen molar-refractivity contribution < 1.29 is 24.3 Å². The lowest BCUT2D eigenvalue weighted by atomic mass is 10.0. The number of carbonyl (C=O) groups excluding carboxylic acids is 3. The van der Waals surface area contributed by atoms with Crippen LogP contribution in [-0.2, 0) is 0 Å². The Morgan fingerprint density at radius 1 is 0.520 bits per heavy atom. The molecule has 270 valence electrons. The molecule has 4 aromatic heterocycles. The van der Waals surface area contributed by atoms with Crippen molar-refractivity contribution >= 4 is 69.0 Å². The lowest BCUT2D eigenvalue weighted by Gasteiger charge is -2.21.